The Morgan fingerprint density at radius 1 is 1.45 bits per heavy atom. The summed E-state index contributed by atoms with van der Waals surface area (Å²) in [5.74, 6) is 0.398. The minimum absolute atomic E-state index is 0.0479. The van der Waals surface area contributed by atoms with Gasteiger partial charge in [-0.2, -0.15) is 0 Å². The summed E-state index contributed by atoms with van der Waals surface area (Å²) >= 11 is 0. The van der Waals surface area contributed by atoms with E-state index in [0.29, 0.717) is 25.6 Å². The fourth-order valence-electron chi connectivity index (χ4n) is 2.41. The first kappa shape index (κ1) is 13.3. The predicted molar refractivity (Wildman–Crippen MR) is 72.5 cm³/mol. The van der Waals surface area contributed by atoms with Crippen molar-refractivity contribution in [3.8, 4) is 0 Å². The topological polar surface area (TPSA) is 73.2 Å². The number of hydrogen-bond donors (Lipinski definition) is 1. The molecule has 1 saturated carbocycles. The fourth-order valence-corrected chi connectivity index (χ4v) is 2.41. The predicted octanol–water partition coefficient (Wildman–Crippen LogP) is 0.416. The SMILES string of the molecule is O=C(NCCn1cnc(C2CC2)cc1=O)[C@@H]1CCCO1. The first-order valence-electron chi connectivity index (χ1n) is 7.20. The van der Waals surface area contributed by atoms with Crippen LogP contribution in [-0.2, 0) is 16.1 Å². The number of ether oxygens (including phenoxy) is 1. The highest BCUT2D eigenvalue weighted by Crippen LogP contribution is 2.38. The van der Waals surface area contributed by atoms with E-state index in [1.54, 1.807) is 12.4 Å². The van der Waals surface area contributed by atoms with E-state index >= 15 is 0 Å². The Hall–Kier alpha value is -1.69. The van der Waals surface area contributed by atoms with Crippen LogP contribution in [0.1, 0.15) is 37.3 Å². The highest BCUT2D eigenvalue weighted by atomic mass is 16.5. The third kappa shape index (κ3) is 3.07. The van der Waals surface area contributed by atoms with E-state index in [1.165, 1.54) is 4.57 Å². The first-order chi connectivity index (χ1) is 9.74. The van der Waals surface area contributed by atoms with Gasteiger partial charge in [-0.05, 0) is 25.7 Å². The van der Waals surface area contributed by atoms with Gasteiger partial charge >= 0.3 is 0 Å². The molecule has 1 N–H and O–H groups in total. The molecule has 1 aromatic rings. The Kier molecular flexibility index (Phi) is 3.82. The molecule has 1 amide bonds. The number of hydrogen-bond acceptors (Lipinski definition) is 4. The minimum Gasteiger partial charge on any atom is -0.368 e. The van der Waals surface area contributed by atoms with Crippen LogP contribution in [0.25, 0.3) is 0 Å². The second-order valence-electron chi connectivity index (χ2n) is 5.41. The molecule has 6 nitrogen and oxygen atoms in total. The second kappa shape index (κ2) is 5.75. The van der Waals surface area contributed by atoms with Crippen LogP contribution in [0.3, 0.4) is 0 Å². The maximum Gasteiger partial charge on any atom is 0.253 e. The third-order valence-corrected chi connectivity index (χ3v) is 3.77. The van der Waals surface area contributed by atoms with Crippen LogP contribution in [0.5, 0.6) is 0 Å². The monoisotopic (exact) mass is 277 g/mol. The quantitative estimate of drug-likeness (QED) is 0.846. The van der Waals surface area contributed by atoms with Gasteiger partial charge in [0.2, 0.25) is 5.91 Å². The van der Waals surface area contributed by atoms with Crippen molar-refractivity contribution in [2.24, 2.45) is 0 Å². The molecule has 2 heterocycles. The van der Waals surface area contributed by atoms with Gasteiger partial charge in [0.15, 0.2) is 0 Å². The largest absolute Gasteiger partial charge is 0.368 e. The normalized spacial score (nSPS) is 21.9. The average Bonchev–Trinajstić information content (AvgIpc) is 3.15. The molecular weight excluding hydrogens is 258 g/mol. The van der Waals surface area contributed by atoms with Crippen LogP contribution in [0, 0.1) is 0 Å². The van der Waals surface area contributed by atoms with Crippen LogP contribution in [0.4, 0.5) is 0 Å². The van der Waals surface area contributed by atoms with E-state index < -0.39 is 0 Å². The number of aromatic nitrogens is 2. The summed E-state index contributed by atoms with van der Waals surface area (Å²) in [6.45, 7) is 1.52. The van der Waals surface area contributed by atoms with Crippen molar-refractivity contribution in [2.75, 3.05) is 13.2 Å². The molecule has 6 heteroatoms. The number of nitrogens with one attached hydrogen (secondary N) is 1. The van der Waals surface area contributed by atoms with Crippen LogP contribution in [-0.4, -0.2) is 34.7 Å². The summed E-state index contributed by atoms with van der Waals surface area (Å²) in [6.07, 6.45) is 5.24. The lowest BCUT2D eigenvalue weighted by atomic mass is 10.2. The summed E-state index contributed by atoms with van der Waals surface area (Å²) in [6, 6.07) is 1.61. The maximum atomic E-state index is 11.9. The zero-order valence-corrected chi connectivity index (χ0v) is 11.4. The van der Waals surface area contributed by atoms with E-state index in [1.807, 2.05) is 0 Å². The Balaban J connectivity index is 1.50. The van der Waals surface area contributed by atoms with E-state index in [0.717, 1.165) is 31.4 Å². The lowest BCUT2D eigenvalue weighted by Gasteiger charge is -2.11. The number of carbonyl (C=O) groups is 1. The number of rotatable bonds is 5. The Morgan fingerprint density at radius 2 is 2.30 bits per heavy atom. The van der Waals surface area contributed by atoms with Crippen molar-refractivity contribution >= 4 is 5.91 Å². The Bertz CT molecular complexity index is 545. The van der Waals surface area contributed by atoms with Gasteiger partial charge in [0.05, 0.1) is 12.0 Å². The average molecular weight is 277 g/mol. The lowest BCUT2D eigenvalue weighted by Crippen LogP contribution is -2.37. The van der Waals surface area contributed by atoms with Gasteiger partial charge in [-0.3, -0.25) is 14.2 Å². The van der Waals surface area contributed by atoms with Crippen LogP contribution in [0.15, 0.2) is 17.2 Å². The molecule has 1 saturated heterocycles. The molecular formula is C14H19N3O3. The molecule has 20 heavy (non-hydrogen) atoms. The molecule has 0 radical (unpaired) electrons. The van der Waals surface area contributed by atoms with Gasteiger partial charge < -0.3 is 10.1 Å². The van der Waals surface area contributed by atoms with Crippen LogP contribution in [0.2, 0.25) is 0 Å². The highest BCUT2D eigenvalue weighted by Gasteiger charge is 2.25. The molecule has 108 valence electrons. The molecule has 1 aliphatic carbocycles. The van der Waals surface area contributed by atoms with Crippen molar-refractivity contribution in [1.29, 1.82) is 0 Å². The van der Waals surface area contributed by atoms with Gasteiger partial charge in [-0.25, -0.2) is 4.98 Å². The fraction of sp³-hybridized carbons (Fsp3) is 0.643. The summed E-state index contributed by atoms with van der Waals surface area (Å²) < 4.78 is 6.83. The third-order valence-electron chi connectivity index (χ3n) is 3.77. The van der Waals surface area contributed by atoms with E-state index in [9.17, 15) is 9.59 Å². The molecule has 1 aromatic heterocycles. The molecule has 1 atom stereocenters. The molecule has 2 aliphatic rings. The molecule has 0 aromatic carbocycles. The van der Waals surface area contributed by atoms with Gasteiger partial charge in [-0.1, -0.05) is 0 Å². The van der Waals surface area contributed by atoms with Crippen LogP contribution >= 0.6 is 0 Å². The van der Waals surface area contributed by atoms with Crippen molar-refractivity contribution in [3.63, 3.8) is 0 Å². The van der Waals surface area contributed by atoms with Crippen molar-refractivity contribution in [2.45, 2.75) is 44.2 Å². The molecule has 1 aliphatic heterocycles. The summed E-state index contributed by atoms with van der Waals surface area (Å²) in [5, 5.41) is 2.80. The standard InChI is InChI=1S/C14H19N3O3/c18-13-8-11(10-3-4-10)16-9-17(13)6-5-15-14(19)12-2-1-7-20-12/h8-10,12H,1-7H2,(H,15,19)/t12-/m0/s1. The van der Waals surface area contributed by atoms with Gasteiger partial charge in [0.1, 0.15) is 6.10 Å². The molecule has 2 fully saturated rings. The molecule has 0 spiro atoms. The van der Waals surface area contributed by atoms with E-state index in [4.69, 9.17) is 4.74 Å². The number of carbonyl (C=O) groups excluding carboxylic acids is 1. The molecule has 3 rings (SSSR count). The summed E-state index contributed by atoms with van der Waals surface area (Å²) in [4.78, 5) is 27.9. The number of nitrogens with zero attached hydrogens (tertiary/aromatic N) is 2. The van der Waals surface area contributed by atoms with Crippen molar-refractivity contribution < 1.29 is 9.53 Å². The zero-order valence-electron chi connectivity index (χ0n) is 11.4. The smallest absolute Gasteiger partial charge is 0.253 e. The lowest BCUT2D eigenvalue weighted by molar-refractivity contribution is -0.130. The zero-order chi connectivity index (χ0) is 13.9. The van der Waals surface area contributed by atoms with E-state index in [-0.39, 0.29) is 17.6 Å². The van der Waals surface area contributed by atoms with Crippen molar-refractivity contribution in [3.05, 3.63) is 28.4 Å². The van der Waals surface area contributed by atoms with Gasteiger partial charge in [0.25, 0.3) is 5.56 Å². The molecule has 0 unspecified atom stereocenters. The van der Waals surface area contributed by atoms with Gasteiger partial charge in [0, 0.05) is 31.7 Å². The Morgan fingerprint density at radius 3 is 2.95 bits per heavy atom. The first-order valence-corrected chi connectivity index (χ1v) is 7.20. The summed E-state index contributed by atoms with van der Waals surface area (Å²) in [7, 11) is 0. The minimum atomic E-state index is -0.318. The Labute approximate surface area is 117 Å². The highest BCUT2D eigenvalue weighted by molar-refractivity contribution is 5.80. The van der Waals surface area contributed by atoms with Crippen LogP contribution < -0.4 is 10.9 Å². The number of amides is 1. The van der Waals surface area contributed by atoms with E-state index in [2.05, 4.69) is 10.3 Å². The molecule has 0 bridgehead atoms. The summed E-state index contributed by atoms with van der Waals surface area (Å²) in [5.41, 5.74) is 0.850. The van der Waals surface area contributed by atoms with Gasteiger partial charge in [-0.15, -0.1) is 0 Å². The van der Waals surface area contributed by atoms with Crippen molar-refractivity contribution in [1.82, 2.24) is 14.9 Å². The maximum absolute atomic E-state index is 11.9. The second-order valence-corrected chi connectivity index (χ2v) is 5.41.